The predicted molar refractivity (Wildman–Crippen MR) is 137 cm³/mol. The molecule has 0 radical (unpaired) electrons. The Balaban J connectivity index is 1.83. The third-order valence-corrected chi connectivity index (χ3v) is 6.71. The minimum Gasteiger partial charge on any atom is -0.321 e. The number of aromatic nitrogens is 2. The van der Waals surface area contributed by atoms with Gasteiger partial charge in [-0.25, -0.2) is 9.38 Å². The van der Waals surface area contributed by atoms with Crippen LogP contribution >= 0.6 is 22.9 Å². The van der Waals surface area contributed by atoms with E-state index < -0.39 is 17.4 Å². The summed E-state index contributed by atoms with van der Waals surface area (Å²) in [4.78, 5) is 44.6. The first-order chi connectivity index (χ1) is 16.3. The molecule has 2 amide bonds. The van der Waals surface area contributed by atoms with Gasteiger partial charge in [-0.1, -0.05) is 54.5 Å². The normalized spacial score (nSPS) is 10.9. The van der Waals surface area contributed by atoms with Crippen LogP contribution in [0.1, 0.15) is 50.3 Å². The molecular formula is C25H23ClN4O3S. The predicted octanol–water partition coefficient (Wildman–Crippen LogP) is 5.48. The average molecular weight is 495 g/mol. The first-order valence-electron chi connectivity index (χ1n) is 10.8. The number of nitrogens with zero attached hydrogens (tertiary/aromatic N) is 2. The number of carbonyl (C=O) groups excluding carboxylic acids is 2. The van der Waals surface area contributed by atoms with Crippen molar-refractivity contribution in [2.45, 2.75) is 33.6 Å². The highest BCUT2D eigenvalue weighted by molar-refractivity contribution is 7.19. The smallest absolute Gasteiger partial charge is 0.274 e. The first kappa shape index (κ1) is 23.7. The summed E-state index contributed by atoms with van der Waals surface area (Å²) in [6, 6.07) is 13.6. The van der Waals surface area contributed by atoms with E-state index in [1.807, 2.05) is 32.9 Å². The van der Waals surface area contributed by atoms with Gasteiger partial charge in [-0.05, 0) is 55.7 Å². The molecule has 0 fully saturated rings. The van der Waals surface area contributed by atoms with Crippen molar-refractivity contribution < 1.29 is 9.59 Å². The number of amides is 2. The molecule has 0 saturated heterocycles. The number of carbonyl (C=O) groups is 2. The zero-order valence-electron chi connectivity index (χ0n) is 18.9. The van der Waals surface area contributed by atoms with Crippen LogP contribution in [0.2, 0.25) is 5.02 Å². The highest BCUT2D eigenvalue weighted by Crippen LogP contribution is 2.26. The average Bonchev–Trinajstić information content (AvgIpc) is 3.17. The zero-order valence-corrected chi connectivity index (χ0v) is 20.5. The molecule has 0 aliphatic rings. The molecule has 2 heterocycles. The summed E-state index contributed by atoms with van der Waals surface area (Å²) in [7, 11) is 0. The lowest BCUT2D eigenvalue weighted by Crippen LogP contribution is -2.25. The zero-order chi connectivity index (χ0) is 24.4. The quantitative estimate of drug-likeness (QED) is 0.371. The summed E-state index contributed by atoms with van der Waals surface area (Å²) in [5.74, 6) is -1.09. The van der Waals surface area contributed by atoms with Crippen LogP contribution in [0.3, 0.4) is 0 Å². The van der Waals surface area contributed by atoms with Crippen LogP contribution in [0.25, 0.3) is 4.96 Å². The van der Waals surface area contributed by atoms with E-state index in [9.17, 15) is 14.4 Å². The van der Waals surface area contributed by atoms with Crippen LogP contribution in [0.4, 0.5) is 11.4 Å². The van der Waals surface area contributed by atoms with E-state index in [0.29, 0.717) is 33.5 Å². The molecular weight excluding hydrogens is 472 g/mol. The lowest BCUT2D eigenvalue weighted by atomic mass is 10.1. The monoisotopic (exact) mass is 494 g/mol. The largest absolute Gasteiger partial charge is 0.321 e. The summed E-state index contributed by atoms with van der Waals surface area (Å²) < 4.78 is 1.20. The van der Waals surface area contributed by atoms with Crippen LogP contribution < -0.4 is 16.2 Å². The number of anilines is 2. The molecule has 0 atom stereocenters. The Kier molecular flexibility index (Phi) is 6.81. The fraction of sp³-hybridized carbons (Fsp3) is 0.200. The van der Waals surface area contributed by atoms with E-state index in [1.165, 1.54) is 10.5 Å². The van der Waals surface area contributed by atoms with Gasteiger partial charge in [0.1, 0.15) is 10.6 Å². The Morgan fingerprint density at radius 2 is 1.82 bits per heavy atom. The Bertz CT molecular complexity index is 1480. The highest BCUT2D eigenvalue weighted by Gasteiger charge is 2.27. The van der Waals surface area contributed by atoms with Gasteiger partial charge in [0.25, 0.3) is 17.4 Å². The van der Waals surface area contributed by atoms with E-state index >= 15 is 0 Å². The minimum atomic E-state index is -0.605. The second-order valence-electron chi connectivity index (χ2n) is 7.90. The fourth-order valence-corrected chi connectivity index (χ4v) is 4.82. The number of thiazole rings is 1. The van der Waals surface area contributed by atoms with Crippen molar-refractivity contribution in [2.24, 2.45) is 0 Å². The van der Waals surface area contributed by atoms with E-state index in [-0.39, 0.29) is 10.6 Å². The number of hydrogen-bond acceptors (Lipinski definition) is 5. The minimum absolute atomic E-state index is 0.0664. The van der Waals surface area contributed by atoms with Crippen LogP contribution in [0, 0.1) is 13.8 Å². The van der Waals surface area contributed by atoms with Gasteiger partial charge in [0.05, 0.1) is 0 Å². The van der Waals surface area contributed by atoms with Crippen LogP contribution in [0.15, 0.2) is 53.3 Å². The molecule has 0 saturated carbocycles. The van der Waals surface area contributed by atoms with E-state index in [4.69, 9.17) is 11.6 Å². The molecule has 2 aromatic carbocycles. The lowest BCUT2D eigenvalue weighted by Gasteiger charge is -2.11. The molecule has 34 heavy (non-hydrogen) atoms. The van der Waals surface area contributed by atoms with Crippen molar-refractivity contribution in [3.63, 3.8) is 0 Å². The van der Waals surface area contributed by atoms with Gasteiger partial charge in [0.2, 0.25) is 0 Å². The molecule has 0 bridgehead atoms. The lowest BCUT2D eigenvalue weighted by molar-refractivity contribution is 0.0989. The third kappa shape index (κ3) is 4.73. The Labute approximate surface area is 205 Å². The van der Waals surface area contributed by atoms with Crippen molar-refractivity contribution in [3.05, 3.63) is 91.3 Å². The summed E-state index contributed by atoms with van der Waals surface area (Å²) in [5.41, 5.74) is 3.17. The Morgan fingerprint density at radius 1 is 1.06 bits per heavy atom. The van der Waals surface area contributed by atoms with Gasteiger partial charge < -0.3 is 10.6 Å². The Hall–Kier alpha value is -3.49. The summed E-state index contributed by atoms with van der Waals surface area (Å²) in [5, 5.41) is 6.07. The van der Waals surface area contributed by atoms with Crippen molar-refractivity contribution in [1.82, 2.24) is 9.38 Å². The van der Waals surface area contributed by atoms with E-state index in [2.05, 4.69) is 15.6 Å². The van der Waals surface area contributed by atoms with Crippen molar-refractivity contribution >= 4 is 51.1 Å². The fourth-order valence-electron chi connectivity index (χ4n) is 3.59. The van der Waals surface area contributed by atoms with Gasteiger partial charge >= 0.3 is 0 Å². The van der Waals surface area contributed by atoms with E-state index in [0.717, 1.165) is 28.9 Å². The van der Waals surface area contributed by atoms with Crippen molar-refractivity contribution in [2.75, 3.05) is 10.6 Å². The summed E-state index contributed by atoms with van der Waals surface area (Å²) in [6.07, 6.45) is 1.44. The molecule has 4 aromatic rings. The maximum Gasteiger partial charge on any atom is 0.274 e. The highest BCUT2D eigenvalue weighted by atomic mass is 35.5. The molecule has 2 N–H and O–H groups in total. The van der Waals surface area contributed by atoms with Crippen LogP contribution in [0.5, 0.6) is 0 Å². The van der Waals surface area contributed by atoms with Gasteiger partial charge in [0.15, 0.2) is 4.96 Å². The molecule has 0 aliphatic carbocycles. The SMILES string of the molecule is CCCc1cc(=O)n2c(C(=O)Nc3cccc(Cl)c3)c(C(=O)Nc3cccc(C)c3C)sc2n1. The first-order valence-corrected chi connectivity index (χ1v) is 12.0. The molecule has 9 heteroatoms. The molecule has 2 aromatic heterocycles. The van der Waals surface area contributed by atoms with Crippen LogP contribution in [-0.2, 0) is 6.42 Å². The number of benzene rings is 2. The topological polar surface area (TPSA) is 92.6 Å². The maximum absolute atomic E-state index is 13.4. The molecule has 7 nitrogen and oxygen atoms in total. The number of halogens is 1. The van der Waals surface area contributed by atoms with Gasteiger partial charge in [0, 0.05) is 28.2 Å². The Morgan fingerprint density at radius 3 is 2.56 bits per heavy atom. The number of aryl methyl sites for hydroxylation is 2. The molecule has 0 aliphatic heterocycles. The number of hydrogen-bond donors (Lipinski definition) is 2. The second kappa shape index (κ2) is 9.79. The molecule has 0 unspecified atom stereocenters. The number of fused-ring (bicyclic) bond motifs is 1. The number of nitrogens with one attached hydrogen (secondary N) is 2. The molecule has 0 spiro atoms. The third-order valence-electron chi connectivity index (χ3n) is 5.44. The number of rotatable bonds is 6. The summed E-state index contributed by atoms with van der Waals surface area (Å²) in [6.45, 7) is 5.85. The van der Waals surface area contributed by atoms with E-state index in [1.54, 1.807) is 30.3 Å². The molecule has 4 rings (SSSR count). The maximum atomic E-state index is 13.4. The standard InChI is InChI=1S/C25H23ClN4O3S/c1-4-7-17-13-20(31)30-21(23(32)27-18-10-6-9-16(26)12-18)22(34-25(30)28-17)24(33)29-19-11-5-8-14(2)15(19)3/h5-6,8-13H,4,7H2,1-3H3,(H,27,32)(H,29,33). The van der Waals surface area contributed by atoms with Gasteiger partial charge in [-0.3, -0.25) is 14.4 Å². The molecule has 174 valence electrons. The van der Waals surface area contributed by atoms with Gasteiger partial charge in [-0.2, -0.15) is 0 Å². The van der Waals surface area contributed by atoms with Gasteiger partial charge in [-0.15, -0.1) is 0 Å². The van der Waals surface area contributed by atoms with Crippen molar-refractivity contribution in [3.8, 4) is 0 Å². The summed E-state index contributed by atoms with van der Waals surface area (Å²) >= 11 is 7.05. The second-order valence-corrected chi connectivity index (χ2v) is 9.31. The van der Waals surface area contributed by atoms with Crippen molar-refractivity contribution in [1.29, 1.82) is 0 Å². The van der Waals surface area contributed by atoms with Crippen LogP contribution in [-0.4, -0.2) is 21.2 Å².